The molecule has 2 heterocycles. The lowest BCUT2D eigenvalue weighted by atomic mass is 9.93. The van der Waals surface area contributed by atoms with Gasteiger partial charge in [0.05, 0.1) is 5.92 Å². The smallest absolute Gasteiger partial charge is 0.229 e. The Labute approximate surface area is 162 Å². The quantitative estimate of drug-likeness (QED) is 0.721. The van der Waals surface area contributed by atoms with Gasteiger partial charge < -0.3 is 15.6 Å². The molecule has 0 spiro atoms. The second kappa shape index (κ2) is 6.89. The van der Waals surface area contributed by atoms with E-state index in [1.54, 1.807) is 0 Å². The molecule has 4 rings (SSSR count). The van der Waals surface area contributed by atoms with Crippen molar-refractivity contribution < 1.29 is 9.59 Å². The second-order valence-corrected chi connectivity index (χ2v) is 7.78. The van der Waals surface area contributed by atoms with Crippen molar-refractivity contribution in [3.63, 3.8) is 0 Å². The molecule has 5 nitrogen and oxygen atoms in total. The fraction of sp³-hybridized carbons (Fsp3) is 0.333. The third-order valence-corrected chi connectivity index (χ3v) is 5.90. The van der Waals surface area contributed by atoms with Gasteiger partial charge in [-0.25, -0.2) is 0 Å². The van der Waals surface area contributed by atoms with Crippen molar-refractivity contribution in [2.75, 3.05) is 13.1 Å². The van der Waals surface area contributed by atoms with Gasteiger partial charge in [0.1, 0.15) is 0 Å². The van der Waals surface area contributed by atoms with Crippen LogP contribution >= 0.6 is 11.6 Å². The summed E-state index contributed by atoms with van der Waals surface area (Å²) in [6.45, 7) is 3.11. The Morgan fingerprint density at radius 2 is 1.85 bits per heavy atom. The lowest BCUT2D eigenvalue weighted by Gasteiger charge is -2.32. The van der Waals surface area contributed by atoms with Crippen LogP contribution in [0.25, 0.3) is 21.8 Å². The van der Waals surface area contributed by atoms with Gasteiger partial charge in [0, 0.05) is 45.8 Å². The van der Waals surface area contributed by atoms with Gasteiger partial charge in [-0.2, -0.15) is 0 Å². The van der Waals surface area contributed by atoms with E-state index >= 15 is 0 Å². The van der Waals surface area contributed by atoms with E-state index in [0.717, 1.165) is 27.4 Å². The predicted molar refractivity (Wildman–Crippen MR) is 108 cm³/mol. The number of nitrogens with two attached hydrogens (primary N) is 1. The number of carbonyl (C=O) groups is 2. The number of H-pyrrole nitrogens is 1. The first-order valence-electron chi connectivity index (χ1n) is 9.23. The zero-order chi connectivity index (χ0) is 19.1. The van der Waals surface area contributed by atoms with Crippen molar-refractivity contribution in [1.29, 1.82) is 0 Å². The summed E-state index contributed by atoms with van der Waals surface area (Å²) in [5.41, 5.74) is 8.38. The standard InChI is InChI=1S/C21H22ClN3O2/c1-12(21(27)25-8-6-13(7-9-25)20(23)26)14-2-4-16-17-11-15(22)3-5-18(17)24-19(16)10-14/h2-5,10-13,24H,6-9H2,1H3,(H2,23,26)/t12-/m1/s1. The monoisotopic (exact) mass is 383 g/mol. The minimum Gasteiger partial charge on any atom is -0.369 e. The number of halogens is 1. The highest BCUT2D eigenvalue weighted by molar-refractivity contribution is 6.31. The summed E-state index contributed by atoms with van der Waals surface area (Å²) >= 11 is 6.12. The van der Waals surface area contributed by atoms with Gasteiger partial charge in [-0.15, -0.1) is 0 Å². The molecular weight excluding hydrogens is 362 g/mol. The van der Waals surface area contributed by atoms with Crippen molar-refractivity contribution in [2.24, 2.45) is 11.7 Å². The maximum atomic E-state index is 12.9. The molecule has 2 aromatic carbocycles. The molecule has 27 heavy (non-hydrogen) atoms. The van der Waals surface area contributed by atoms with Crippen LogP contribution in [-0.4, -0.2) is 34.8 Å². The molecule has 1 fully saturated rings. The Morgan fingerprint density at radius 3 is 2.56 bits per heavy atom. The SMILES string of the molecule is C[C@@H](C(=O)N1CCC(C(N)=O)CC1)c1ccc2c(c1)[nH]c1ccc(Cl)cc12. The highest BCUT2D eigenvalue weighted by atomic mass is 35.5. The van der Waals surface area contributed by atoms with E-state index in [9.17, 15) is 9.59 Å². The number of aromatic nitrogens is 1. The average molecular weight is 384 g/mol. The molecule has 1 aliphatic heterocycles. The summed E-state index contributed by atoms with van der Waals surface area (Å²) in [7, 11) is 0. The lowest BCUT2D eigenvalue weighted by molar-refractivity contribution is -0.135. The predicted octanol–water partition coefficient (Wildman–Crippen LogP) is 3.80. The number of carbonyl (C=O) groups excluding carboxylic acids is 2. The maximum absolute atomic E-state index is 12.9. The number of hydrogen-bond donors (Lipinski definition) is 2. The molecule has 1 atom stereocenters. The van der Waals surface area contributed by atoms with Gasteiger partial charge in [-0.05, 0) is 49.6 Å². The fourth-order valence-corrected chi connectivity index (χ4v) is 4.14. The summed E-state index contributed by atoms with van der Waals surface area (Å²) < 4.78 is 0. The average Bonchev–Trinajstić information content (AvgIpc) is 3.03. The Bertz CT molecular complexity index is 1030. The normalized spacial score (nSPS) is 16.7. The zero-order valence-corrected chi connectivity index (χ0v) is 15.9. The van der Waals surface area contributed by atoms with Crippen LogP contribution in [0, 0.1) is 5.92 Å². The number of amides is 2. The van der Waals surface area contributed by atoms with E-state index in [4.69, 9.17) is 17.3 Å². The van der Waals surface area contributed by atoms with E-state index < -0.39 is 0 Å². The first-order valence-corrected chi connectivity index (χ1v) is 9.61. The van der Waals surface area contributed by atoms with E-state index in [1.165, 1.54) is 0 Å². The molecular formula is C21H22ClN3O2. The molecule has 1 saturated heterocycles. The third-order valence-electron chi connectivity index (χ3n) is 5.66. The zero-order valence-electron chi connectivity index (χ0n) is 15.2. The van der Waals surface area contributed by atoms with Gasteiger partial charge >= 0.3 is 0 Å². The van der Waals surface area contributed by atoms with Gasteiger partial charge in [-0.3, -0.25) is 9.59 Å². The van der Waals surface area contributed by atoms with E-state index in [1.807, 2.05) is 48.2 Å². The Balaban J connectivity index is 1.57. The van der Waals surface area contributed by atoms with E-state index in [0.29, 0.717) is 31.0 Å². The molecule has 3 aromatic rings. The van der Waals surface area contributed by atoms with Crippen LogP contribution in [0.2, 0.25) is 5.02 Å². The van der Waals surface area contributed by atoms with Crippen LogP contribution in [0.5, 0.6) is 0 Å². The van der Waals surface area contributed by atoms with Crippen LogP contribution in [-0.2, 0) is 9.59 Å². The number of nitrogens with zero attached hydrogens (tertiary/aromatic N) is 1. The molecule has 3 N–H and O–H groups in total. The molecule has 0 bridgehead atoms. The highest BCUT2D eigenvalue weighted by Gasteiger charge is 2.29. The van der Waals surface area contributed by atoms with E-state index in [2.05, 4.69) is 4.98 Å². The number of rotatable bonds is 3. The van der Waals surface area contributed by atoms with Crippen molar-refractivity contribution >= 4 is 45.2 Å². The minimum atomic E-state index is -0.264. The van der Waals surface area contributed by atoms with Crippen LogP contribution < -0.4 is 5.73 Å². The van der Waals surface area contributed by atoms with Crippen molar-refractivity contribution in [2.45, 2.75) is 25.7 Å². The van der Waals surface area contributed by atoms with Crippen LogP contribution in [0.3, 0.4) is 0 Å². The maximum Gasteiger partial charge on any atom is 0.229 e. The van der Waals surface area contributed by atoms with Crippen molar-refractivity contribution in [1.82, 2.24) is 9.88 Å². The summed E-state index contributed by atoms with van der Waals surface area (Å²) in [5, 5.41) is 2.88. The van der Waals surface area contributed by atoms with Crippen LogP contribution in [0.4, 0.5) is 0 Å². The Kier molecular flexibility index (Phi) is 4.56. The highest BCUT2D eigenvalue weighted by Crippen LogP contribution is 2.31. The first-order chi connectivity index (χ1) is 12.9. The number of likely N-dealkylation sites (tertiary alicyclic amines) is 1. The number of nitrogens with one attached hydrogen (secondary N) is 1. The molecule has 0 radical (unpaired) electrons. The summed E-state index contributed by atoms with van der Waals surface area (Å²) in [6, 6.07) is 11.9. The Hall–Kier alpha value is -2.53. The molecule has 0 unspecified atom stereocenters. The number of piperidine rings is 1. The summed E-state index contributed by atoms with van der Waals surface area (Å²) in [4.78, 5) is 29.5. The Morgan fingerprint density at radius 1 is 1.11 bits per heavy atom. The minimum absolute atomic E-state index is 0.0939. The first kappa shape index (κ1) is 17.9. The summed E-state index contributed by atoms with van der Waals surface area (Å²) in [5.74, 6) is -0.524. The van der Waals surface area contributed by atoms with Crippen molar-refractivity contribution in [3.8, 4) is 0 Å². The van der Waals surface area contributed by atoms with E-state index in [-0.39, 0.29) is 23.7 Å². The summed E-state index contributed by atoms with van der Waals surface area (Å²) in [6.07, 6.45) is 1.30. The second-order valence-electron chi connectivity index (χ2n) is 7.34. The lowest BCUT2D eigenvalue weighted by Crippen LogP contribution is -2.43. The molecule has 0 aliphatic carbocycles. The van der Waals surface area contributed by atoms with Gasteiger partial charge in [0.15, 0.2) is 0 Å². The third kappa shape index (κ3) is 3.28. The molecule has 140 valence electrons. The molecule has 6 heteroatoms. The molecule has 1 aliphatic rings. The molecule has 1 aromatic heterocycles. The number of fused-ring (bicyclic) bond motifs is 3. The number of benzene rings is 2. The van der Waals surface area contributed by atoms with Crippen molar-refractivity contribution in [3.05, 3.63) is 47.0 Å². The number of hydrogen-bond acceptors (Lipinski definition) is 2. The molecule has 2 amide bonds. The van der Waals surface area contributed by atoms with Gasteiger partial charge in [0.25, 0.3) is 0 Å². The fourth-order valence-electron chi connectivity index (χ4n) is 3.96. The largest absolute Gasteiger partial charge is 0.369 e. The topological polar surface area (TPSA) is 79.2 Å². The number of aromatic amines is 1. The van der Waals surface area contributed by atoms with Gasteiger partial charge in [-0.1, -0.05) is 23.7 Å². The molecule has 0 saturated carbocycles. The van der Waals surface area contributed by atoms with Gasteiger partial charge in [0.2, 0.25) is 11.8 Å². The van der Waals surface area contributed by atoms with Crippen LogP contribution in [0.15, 0.2) is 36.4 Å². The van der Waals surface area contributed by atoms with Crippen LogP contribution in [0.1, 0.15) is 31.2 Å². The number of primary amides is 1.